The maximum Gasteiger partial charge on any atom is 0.387 e. The van der Waals surface area contributed by atoms with Gasteiger partial charge in [0, 0.05) is 13.1 Å². The van der Waals surface area contributed by atoms with Gasteiger partial charge in [0.1, 0.15) is 0 Å². The number of alkyl halides is 2. The lowest BCUT2D eigenvalue weighted by Gasteiger charge is -2.12. The van der Waals surface area contributed by atoms with Crippen molar-refractivity contribution < 1.29 is 28.1 Å². The van der Waals surface area contributed by atoms with Crippen molar-refractivity contribution in [2.24, 2.45) is 0 Å². The number of ether oxygens (including phenoxy) is 3. The van der Waals surface area contributed by atoms with E-state index in [0.717, 1.165) is 5.56 Å². The molecule has 1 rings (SSSR count). The lowest BCUT2D eigenvalue weighted by atomic mass is 10.2. The second kappa shape index (κ2) is 9.46. The van der Waals surface area contributed by atoms with Gasteiger partial charge in [-0.2, -0.15) is 8.78 Å². The average Bonchev–Trinajstić information content (AvgIpc) is 2.42. The predicted molar refractivity (Wildman–Crippen MR) is 69.2 cm³/mol. The van der Waals surface area contributed by atoms with Gasteiger partial charge in [-0.15, -0.1) is 0 Å². The quantitative estimate of drug-likeness (QED) is 0.638. The van der Waals surface area contributed by atoms with Crippen LogP contribution in [0.4, 0.5) is 8.78 Å². The molecular weight excluding hydrogens is 272 g/mol. The number of hydrogen-bond donors (Lipinski definition) is 2. The molecule has 0 spiro atoms. The maximum atomic E-state index is 12.3. The number of rotatable bonds is 10. The first-order chi connectivity index (χ1) is 9.67. The van der Waals surface area contributed by atoms with Crippen LogP contribution < -0.4 is 14.8 Å². The molecule has 0 atom stereocenters. The third kappa shape index (κ3) is 6.14. The zero-order valence-electron chi connectivity index (χ0n) is 11.3. The van der Waals surface area contributed by atoms with Crippen LogP contribution in [0.15, 0.2) is 18.2 Å². The number of benzene rings is 1. The summed E-state index contributed by atoms with van der Waals surface area (Å²) in [6.45, 7) is -1.04. The van der Waals surface area contributed by atoms with Crippen LogP contribution in [0.2, 0.25) is 0 Å². The minimum atomic E-state index is -2.89. The fourth-order valence-electron chi connectivity index (χ4n) is 1.56. The van der Waals surface area contributed by atoms with E-state index in [1.165, 1.54) is 13.2 Å². The van der Waals surface area contributed by atoms with Crippen LogP contribution in [0.1, 0.15) is 5.56 Å². The number of nitrogens with one attached hydrogen (secondary N) is 1. The number of hydrogen-bond acceptors (Lipinski definition) is 5. The van der Waals surface area contributed by atoms with Crippen LogP contribution in [0.25, 0.3) is 0 Å². The highest BCUT2D eigenvalue weighted by molar-refractivity contribution is 5.42. The van der Waals surface area contributed by atoms with Gasteiger partial charge in [-0.3, -0.25) is 0 Å². The fourth-order valence-corrected chi connectivity index (χ4v) is 1.56. The Kier molecular flexibility index (Phi) is 7.86. The molecule has 0 aliphatic heterocycles. The van der Waals surface area contributed by atoms with Gasteiger partial charge in [-0.1, -0.05) is 6.07 Å². The van der Waals surface area contributed by atoms with Crippen molar-refractivity contribution in [1.29, 1.82) is 0 Å². The Hall–Kier alpha value is -1.44. The maximum absolute atomic E-state index is 12.3. The minimum Gasteiger partial charge on any atom is -0.493 e. The number of aliphatic hydroxyl groups is 1. The Morgan fingerprint density at radius 3 is 2.70 bits per heavy atom. The summed E-state index contributed by atoms with van der Waals surface area (Å²) in [6.07, 6.45) is 0. The predicted octanol–water partition coefficient (Wildman–Crippen LogP) is 1.40. The molecule has 114 valence electrons. The first-order valence-corrected chi connectivity index (χ1v) is 6.18. The van der Waals surface area contributed by atoms with Crippen LogP contribution in [0, 0.1) is 0 Å². The van der Waals surface area contributed by atoms with Gasteiger partial charge in [0.2, 0.25) is 0 Å². The summed E-state index contributed by atoms with van der Waals surface area (Å²) in [5, 5.41) is 11.6. The van der Waals surface area contributed by atoms with E-state index in [1.54, 1.807) is 12.1 Å². The Balaban J connectivity index is 2.45. The highest BCUT2D eigenvalue weighted by atomic mass is 19.3. The lowest BCUT2D eigenvalue weighted by molar-refractivity contribution is -0.0512. The fraction of sp³-hybridized carbons (Fsp3) is 0.538. The molecule has 0 saturated carbocycles. The number of halogens is 2. The van der Waals surface area contributed by atoms with Crippen molar-refractivity contribution >= 4 is 0 Å². The van der Waals surface area contributed by atoms with E-state index < -0.39 is 6.61 Å². The van der Waals surface area contributed by atoms with Gasteiger partial charge in [-0.05, 0) is 17.7 Å². The monoisotopic (exact) mass is 291 g/mol. The second-order valence-corrected chi connectivity index (χ2v) is 3.88. The summed E-state index contributed by atoms with van der Waals surface area (Å²) in [6, 6.07) is 4.85. The SMILES string of the molecule is COc1ccc(CNCCOCCO)cc1OC(F)F. The molecule has 0 radical (unpaired) electrons. The second-order valence-electron chi connectivity index (χ2n) is 3.88. The summed E-state index contributed by atoms with van der Waals surface area (Å²) >= 11 is 0. The number of aliphatic hydroxyl groups excluding tert-OH is 1. The van der Waals surface area contributed by atoms with Gasteiger partial charge >= 0.3 is 6.61 Å². The Bertz CT molecular complexity index is 391. The normalized spacial score (nSPS) is 10.8. The van der Waals surface area contributed by atoms with E-state index in [0.29, 0.717) is 26.3 Å². The standard InChI is InChI=1S/C13H19F2NO4/c1-18-11-3-2-10(8-12(11)20-13(14)15)9-16-4-6-19-7-5-17/h2-3,8,13,16-17H,4-7,9H2,1H3. The molecular formula is C13H19F2NO4. The molecule has 1 aromatic carbocycles. The first-order valence-electron chi connectivity index (χ1n) is 6.18. The highest BCUT2D eigenvalue weighted by Gasteiger charge is 2.11. The van der Waals surface area contributed by atoms with Crippen molar-refractivity contribution in [1.82, 2.24) is 5.32 Å². The van der Waals surface area contributed by atoms with Crippen LogP contribution in [-0.2, 0) is 11.3 Å². The average molecular weight is 291 g/mol. The van der Waals surface area contributed by atoms with E-state index in [2.05, 4.69) is 10.1 Å². The molecule has 0 amide bonds. The molecule has 0 aliphatic carbocycles. The number of methoxy groups -OCH3 is 1. The smallest absolute Gasteiger partial charge is 0.387 e. The first kappa shape index (κ1) is 16.6. The topological polar surface area (TPSA) is 60.0 Å². The van der Waals surface area contributed by atoms with Crippen LogP contribution in [-0.4, -0.2) is 45.2 Å². The third-order valence-corrected chi connectivity index (χ3v) is 2.43. The van der Waals surface area contributed by atoms with E-state index in [9.17, 15) is 8.78 Å². The minimum absolute atomic E-state index is 0.00714. The van der Waals surface area contributed by atoms with Crippen molar-refractivity contribution in [3.8, 4) is 11.5 Å². The van der Waals surface area contributed by atoms with Gasteiger partial charge in [0.25, 0.3) is 0 Å². The molecule has 7 heteroatoms. The van der Waals surface area contributed by atoms with Gasteiger partial charge in [0.05, 0.1) is 26.9 Å². The Morgan fingerprint density at radius 1 is 1.25 bits per heavy atom. The molecule has 0 unspecified atom stereocenters. The lowest BCUT2D eigenvalue weighted by Crippen LogP contribution is -2.20. The zero-order valence-corrected chi connectivity index (χ0v) is 11.3. The van der Waals surface area contributed by atoms with Gasteiger partial charge < -0.3 is 24.6 Å². The molecule has 0 aromatic heterocycles. The van der Waals surface area contributed by atoms with E-state index in [4.69, 9.17) is 14.6 Å². The van der Waals surface area contributed by atoms with E-state index >= 15 is 0 Å². The van der Waals surface area contributed by atoms with E-state index in [-0.39, 0.29) is 18.1 Å². The van der Waals surface area contributed by atoms with Crippen molar-refractivity contribution in [2.45, 2.75) is 13.2 Å². The summed E-state index contributed by atoms with van der Waals surface area (Å²) in [4.78, 5) is 0. The third-order valence-electron chi connectivity index (χ3n) is 2.43. The van der Waals surface area contributed by atoms with Crippen molar-refractivity contribution in [3.63, 3.8) is 0 Å². The molecule has 1 aromatic rings. The summed E-state index contributed by atoms with van der Waals surface area (Å²) < 4.78 is 39.0. The Labute approximate surface area is 116 Å². The Morgan fingerprint density at radius 2 is 2.05 bits per heavy atom. The zero-order chi connectivity index (χ0) is 14.8. The molecule has 0 saturated heterocycles. The highest BCUT2D eigenvalue weighted by Crippen LogP contribution is 2.29. The van der Waals surface area contributed by atoms with Gasteiger partial charge in [-0.25, -0.2) is 0 Å². The van der Waals surface area contributed by atoms with E-state index in [1.807, 2.05) is 0 Å². The van der Waals surface area contributed by atoms with Crippen LogP contribution in [0.3, 0.4) is 0 Å². The molecule has 20 heavy (non-hydrogen) atoms. The largest absolute Gasteiger partial charge is 0.493 e. The molecule has 0 aliphatic rings. The van der Waals surface area contributed by atoms with Gasteiger partial charge in [0.15, 0.2) is 11.5 Å². The summed E-state index contributed by atoms with van der Waals surface area (Å²) in [5.74, 6) is 0.277. The molecule has 0 bridgehead atoms. The van der Waals surface area contributed by atoms with Crippen molar-refractivity contribution in [3.05, 3.63) is 23.8 Å². The van der Waals surface area contributed by atoms with Crippen LogP contribution in [0.5, 0.6) is 11.5 Å². The molecule has 2 N–H and O–H groups in total. The van der Waals surface area contributed by atoms with Crippen molar-refractivity contribution in [2.75, 3.05) is 33.5 Å². The molecule has 5 nitrogen and oxygen atoms in total. The summed E-state index contributed by atoms with van der Waals surface area (Å²) in [7, 11) is 1.39. The van der Waals surface area contributed by atoms with Crippen LogP contribution >= 0.6 is 0 Å². The molecule has 0 heterocycles. The summed E-state index contributed by atoms with van der Waals surface area (Å²) in [5.41, 5.74) is 0.795. The molecule has 0 fully saturated rings.